The maximum absolute atomic E-state index is 13.2. The Labute approximate surface area is 130 Å². The molecule has 1 N–H and O–H groups in total. The molecule has 0 saturated carbocycles. The lowest BCUT2D eigenvalue weighted by Crippen LogP contribution is -2.38. The largest absolute Gasteiger partial charge is 0.480 e. The first-order valence-electron chi connectivity index (χ1n) is 6.36. The van der Waals surface area contributed by atoms with Crippen molar-refractivity contribution in [2.24, 2.45) is 0 Å². The molecule has 0 atom stereocenters. The summed E-state index contributed by atoms with van der Waals surface area (Å²) in [7, 11) is 1.48. The highest BCUT2D eigenvalue weighted by Crippen LogP contribution is 2.19. The van der Waals surface area contributed by atoms with Crippen LogP contribution in [0.1, 0.15) is 12.0 Å². The van der Waals surface area contributed by atoms with Gasteiger partial charge in [-0.3, -0.25) is 9.59 Å². The minimum absolute atomic E-state index is 0.110. The molecule has 0 heterocycles. The van der Waals surface area contributed by atoms with Gasteiger partial charge in [0.2, 0.25) is 5.91 Å². The molecule has 1 rings (SSSR count). The second-order valence-corrected chi connectivity index (χ2v) is 5.29. The normalized spacial score (nSPS) is 10.4. The summed E-state index contributed by atoms with van der Waals surface area (Å²) in [6, 6.07) is 4.26. The number of amides is 1. The average molecular weight is 362 g/mol. The van der Waals surface area contributed by atoms with Gasteiger partial charge in [-0.25, -0.2) is 4.39 Å². The van der Waals surface area contributed by atoms with E-state index < -0.39 is 5.97 Å². The fourth-order valence-corrected chi connectivity index (χ4v) is 2.24. The number of aliphatic carboxylic acids is 1. The van der Waals surface area contributed by atoms with Crippen molar-refractivity contribution >= 4 is 27.8 Å². The molecule has 5 nitrogen and oxygen atoms in total. The molecular formula is C14H17BrFNO4. The predicted molar refractivity (Wildman–Crippen MR) is 78.5 cm³/mol. The first-order valence-corrected chi connectivity index (χ1v) is 7.15. The van der Waals surface area contributed by atoms with Gasteiger partial charge in [-0.2, -0.15) is 0 Å². The molecule has 1 aromatic carbocycles. The van der Waals surface area contributed by atoms with E-state index in [1.807, 2.05) is 0 Å². The van der Waals surface area contributed by atoms with Crippen molar-refractivity contribution in [1.29, 1.82) is 0 Å². The van der Waals surface area contributed by atoms with E-state index in [0.717, 1.165) is 4.47 Å². The van der Waals surface area contributed by atoms with E-state index >= 15 is 0 Å². The molecule has 0 saturated heterocycles. The quantitative estimate of drug-likeness (QED) is 0.769. The number of methoxy groups -OCH3 is 1. The zero-order chi connectivity index (χ0) is 15.8. The summed E-state index contributed by atoms with van der Waals surface area (Å²) in [4.78, 5) is 24.0. The minimum Gasteiger partial charge on any atom is -0.480 e. The van der Waals surface area contributed by atoms with E-state index in [0.29, 0.717) is 12.0 Å². The van der Waals surface area contributed by atoms with Crippen LogP contribution in [0.25, 0.3) is 0 Å². The number of carbonyl (C=O) groups excluding carboxylic acids is 1. The zero-order valence-electron chi connectivity index (χ0n) is 11.6. The van der Waals surface area contributed by atoms with Crippen molar-refractivity contribution in [3.63, 3.8) is 0 Å². The van der Waals surface area contributed by atoms with Gasteiger partial charge in [0.25, 0.3) is 0 Å². The van der Waals surface area contributed by atoms with Crippen molar-refractivity contribution in [1.82, 2.24) is 4.90 Å². The second-order valence-electron chi connectivity index (χ2n) is 4.44. The van der Waals surface area contributed by atoms with Crippen molar-refractivity contribution < 1.29 is 23.8 Å². The molecule has 0 spiro atoms. The van der Waals surface area contributed by atoms with E-state index in [-0.39, 0.29) is 37.8 Å². The fraction of sp³-hybridized carbons (Fsp3) is 0.429. The minimum atomic E-state index is -1.08. The lowest BCUT2D eigenvalue weighted by Gasteiger charge is -2.20. The SMILES string of the molecule is COCCN(CC(=O)O)C(=O)CCc1cc(F)ccc1Br. The van der Waals surface area contributed by atoms with E-state index in [1.165, 1.54) is 24.1 Å². The third-order valence-electron chi connectivity index (χ3n) is 2.86. The smallest absolute Gasteiger partial charge is 0.323 e. The number of aryl methyl sites for hydroxylation is 1. The summed E-state index contributed by atoms with van der Waals surface area (Å²) < 4.78 is 18.7. The maximum atomic E-state index is 13.2. The number of carboxylic acids is 1. The van der Waals surface area contributed by atoms with Gasteiger partial charge in [0, 0.05) is 24.5 Å². The van der Waals surface area contributed by atoms with Gasteiger partial charge in [0.15, 0.2) is 0 Å². The number of hydrogen-bond acceptors (Lipinski definition) is 3. The van der Waals surface area contributed by atoms with Crippen LogP contribution in [0.4, 0.5) is 4.39 Å². The molecule has 0 aliphatic heterocycles. The van der Waals surface area contributed by atoms with Gasteiger partial charge < -0.3 is 14.7 Å². The number of carbonyl (C=O) groups is 2. The van der Waals surface area contributed by atoms with E-state index in [4.69, 9.17) is 9.84 Å². The van der Waals surface area contributed by atoms with Crippen LogP contribution in [-0.4, -0.2) is 48.7 Å². The summed E-state index contributed by atoms with van der Waals surface area (Å²) in [5.74, 6) is -1.75. The predicted octanol–water partition coefficient (Wildman–Crippen LogP) is 2.08. The second kappa shape index (κ2) is 8.74. The molecule has 0 unspecified atom stereocenters. The number of rotatable bonds is 8. The van der Waals surface area contributed by atoms with Gasteiger partial charge in [-0.15, -0.1) is 0 Å². The Morgan fingerprint density at radius 3 is 2.76 bits per heavy atom. The molecule has 0 aliphatic rings. The number of halogens is 2. The van der Waals surface area contributed by atoms with E-state index in [9.17, 15) is 14.0 Å². The lowest BCUT2D eigenvalue weighted by atomic mass is 10.1. The number of carboxylic acid groups (broad SMARTS) is 1. The summed E-state index contributed by atoms with van der Waals surface area (Å²) >= 11 is 3.29. The molecule has 1 aromatic rings. The zero-order valence-corrected chi connectivity index (χ0v) is 13.2. The number of hydrogen-bond donors (Lipinski definition) is 1. The molecule has 0 bridgehead atoms. The Hall–Kier alpha value is -1.47. The van der Waals surface area contributed by atoms with Gasteiger partial charge in [0.1, 0.15) is 12.4 Å². The van der Waals surface area contributed by atoms with Crippen molar-refractivity contribution in [2.75, 3.05) is 26.8 Å². The van der Waals surface area contributed by atoms with Crippen molar-refractivity contribution in [3.05, 3.63) is 34.1 Å². The Morgan fingerprint density at radius 1 is 1.43 bits per heavy atom. The third-order valence-corrected chi connectivity index (χ3v) is 3.63. The molecule has 0 aliphatic carbocycles. The van der Waals surface area contributed by atoms with Gasteiger partial charge in [0.05, 0.1) is 6.61 Å². The lowest BCUT2D eigenvalue weighted by molar-refractivity contribution is -0.144. The Kier molecular flexibility index (Phi) is 7.31. The summed E-state index contributed by atoms with van der Waals surface area (Å²) in [6.07, 6.45) is 0.444. The van der Waals surface area contributed by atoms with Crippen LogP contribution in [-0.2, 0) is 20.7 Å². The highest BCUT2D eigenvalue weighted by Gasteiger charge is 2.16. The Balaban J connectivity index is 2.63. The highest BCUT2D eigenvalue weighted by molar-refractivity contribution is 9.10. The standard InChI is InChI=1S/C14H17BrFNO4/c1-21-7-6-17(9-14(19)20)13(18)5-2-10-8-11(16)3-4-12(10)15/h3-4,8H,2,5-7,9H2,1H3,(H,19,20). The highest BCUT2D eigenvalue weighted by atomic mass is 79.9. The van der Waals surface area contributed by atoms with E-state index in [1.54, 1.807) is 6.07 Å². The van der Waals surface area contributed by atoms with Crippen LogP contribution < -0.4 is 0 Å². The summed E-state index contributed by atoms with van der Waals surface area (Å²) in [5, 5.41) is 8.81. The van der Waals surface area contributed by atoms with Crippen LogP contribution >= 0.6 is 15.9 Å². The molecule has 21 heavy (non-hydrogen) atoms. The van der Waals surface area contributed by atoms with Crippen LogP contribution in [0.15, 0.2) is 22.7 Å². The molecule has 1 amide bonds. The third kappa shape index (κ3) is 6.22. The first-order chi connectivity index (χ1) is 9.93. The number of nitrogens with zero attached hydrogens (tertiary/aromatic N) is 1. The molecular weight excluding hydrogens is 345 g/mol. The van der Waals surface area contributed by atoms with Crippen LogP contribution in [0.3, 0.4) is 0 Å². The summed E-state index contributed by atoms with van der Waals surface area (Å²) in [6.45, 7) is 0.112. The van der Waals surface area contributed by atoms with Crippen LogP contribution in [0.5, 0.6) is 0 Å². The topological polar surface area (TPSA) is 66.8 Å². The Morgan fingerprint density at radius 2 is 2.14 bits per heavy atom. The average Bonchev–Trinajstić information content (AvgIpc) is 2.43. The molecule has 0 aromatic heterocycles. The van der Waals surface area contributed by atoms with Crippen LogP contribution in [0.2, 0.25) is 0 Å². The summed E-state index contributed by atoms with van der Waals surface area (Å²) in [5.41, 5.74) is 0.672. The molecule has 116 valence electrons. The molecule has 0 radical (unpaired) electrons. The first kappa shape index (κ1) is 17.6. The van der Waals surface area contributed by atoms with Gasteiger partial charge in [-0.05, 0) is 30.2 Å². The maximum Gasteiger partial charge on any atom is 0.323 e. The van der Waals surface area contributed by atoms with Crippen LogP contribution in [0, 0.1) is 5.82 Å². The monoisotopic (exact) mass is 361 g/mol. The Bertz CT molecular complexity index is 510. The van der Waals surface area contributed by atoms with E-state index in [2.05, 4.69) is 15.9 Å². The molecule has 7 heteroatoms. The van der Waals surface area contributed by atoms with Gasteiger partial charge in [-0.1, -0.05) is 15.9 Å². The number of ether oxygens (including phenoxy) is 1. The van der Waals surface area contributed by atoms with Gasteiger partial charge >= 0.3 is 5.97 Å². The van der Waals surface area contributed by atoms with Crippen molar-refractivity contribution in [2.45, 2.75) is 12.8 Å². The molecule has 0 fully saturated rings. The number of benzene rings is 1. The van der Waals surface area contributed by atoms with Crippen molar-refractivity contribution in [3.8, 4) is 0 Å². The fourth-order valence-electron chi connectivity index (χ4n) is 1.79.